The fourth-order valence-corrected chi connectivity index (χ4v) is 2.27. The second kappa shape index (κ2) is 10.0. The highest BCUT2D eigenvalue weighted by molar-refractivity contribution is 5.87. The predicted octanol–water partition coefficient (Wildman–Crippen LogP) is 3.94. The van der Waals surface area contributed by atoms with Crippen LogP contribution in [-0.2, 0) is 22.7 Å². The number of rotatable bonds is 9. The van der Waals surface area contributed by atoms with Crippen molar-refractivity contribution < 1.29 is 27.9 Å². The van der Waals surface area contributed by atoms with Gasteiger partial charge in [0.2, 0.25) is 5.82 Å². The van der Waals surface area contributed by atoms with Crippen molar-refractivity contribution in [2.24, 2.45) is 0 Å². The zero-order chi connectivity index (χ0) is 20.5. The van der Waals surface area contributed by atoms with Crippen molar-refractivity contribution >= 4 is 12.0 Å². The molecule has 3 rings (SSSR count). The first-order chi connectivity index (χ1) is 14.1. The van der Waals surface area contributed by atoms with E-state index in [1.165, 1.54) is 30.3 Å². The second-order valence-electron chi connectivity index (χ2n) is 5.79. The van der Waals surface area contributed by atoms with Gasteiger partial charge in [-0.2, -0.15) is 4.98 Å². The highest BCUT2D eigenvalue weighted by atomic mass is 19.1. The molecule has 0 fully saturated rings. The van der Waals surface area contributed by atoms with Crippen LogP contribution in [-0.4, -0.2) is 22.7 Å². The lowest BCUT2D eigenvalue weighted by atomic mass is 10.2. The monoisotopic (exact) mass is 398 g/mol. The van der Waals surface area contributed by atoms with E-state index in [4.69, 9.17) is 18.7 Å². The van der Waals surface area contributed by atoms with Crippen molar-refractivity contribution in [2.45, 2.75) is 20.1 Å². The highest BCUT2D eigenvalue weighted by Gasteiger charge is 2.09. The Morgan fingerprint density at radius 2 is 1.72 bits per heavy atom. The summed E-state index contributed by atoms with van der Waals surface area (Å²) in [6.07, 6.45) is 2.94. The van der Waals surface area contributed by atoms with E-state index in [0.29, 0.717) is 12.4 Å². The van der Waals surface area contributed by atoms with Crippen molar-refractivity contribution in [3.05, 3.63) is 77.7 Å². The number of hydrogen-bond donors (Lipinski definition) is 0. The molecule has 0 aliphatic carbocycles. The van der Waals surface area contributed by atoms with Gasteiger partial charge in [0, 0.05) is 6.08 Å². The van der Waals surface area contributed by atoms with Gasteiger partial charge >= 0.3 is 5.97 Å². The van der Waals surface area contributed by atoms with Crippen LogP contribution in [0.3, 0.4) is 0 Å². The fourth-order valence-electron chi connectivity index (χ4n) is 2.27. The van der Waals surface area contributed by atoms with Crippen LogP contribution >= 0.6 is 0 Å². The van der Waals surface area contributed by atoms with Crippen LogP contribution in [0.15, 0.2) is 59.1 Å². The number of halogens is 1. The van der Waals surface area contributed by atoms with Crippen LogP contribution in [0, 0.1) is 5.82 Å². The van der Waals surface area contributed by atoms with Gasteiger partial charge in [0.25, 0.3) is 5.89 Å². The molecule has 0 N–H and O–H groups in total. The molecule has 7 nitrogen and oxygen atoms in total. The summed E-state index contributed by atoms with van der Waals surface area (Å²) in [7, 11) is 0. The average Bonchev–Trinajstić information content (AvgIpc) is 3.19. The van der Waals surface area contributed by atoms with E-state index < -0.39 is 5.97 Å². The summed E-state index contributed by atoms with van der Waals surface area (Å²) in [5.74, 6) is 0.779. The van der Waals surface area contributed by atoms with E-state index in [2.05, 4.69) is 10.1 Å². The minimum absolute atomic E-state index is 0.0424. The maximum atomic E-state index is 12.9. The lowest BCUT2D eigenvalue weighted by molar-refractivity contribution is -0.139. The van der Waals surface area contributed by atoms with Crippen LogP contribution in [0.5, 0.6) is 11.5 Å². The Balaban J connectivity index is 1.43. The summed E-state index contributed by atoms with van der Waals surface area (Å²) < 4.78 is 33.7. The first kappa shape index (κ1) is 20.1. The number of carbonyl (C=O) groups excluding carboxylic acids is 1. The normalized spacial score (nSPS) is 10.8. The second-order valence-corrected chi connectivity index (χ2v) is 5.79. The molecule has 0 aliphatic rings. The molecule has 0 aliphatic heterocycles. The number of esters is 1. The third kappa shape index (κ3) is 6.46. The van der Waals surface area contributed by atoms with Gasteiger partial charge in [-0.3, -0.25) is 0 Å². The molecule has 3 aromatic rings. The smallest absolute Gasteiger partial charge is 0.331 e. The molecule has 1 heterocycles. The maximum Gasteiger partial charge on any atom is 0.331 e. The van der Waals surface area contributed by atoms with Gasteiger partial charge in [-0.15, -0.1) is 0 Å². The van der Waals surface area contributed by atoms with Crippen LogP contribution in [0.1, 0.15) is 24.2 Å². The largest absolute Gasteiger partial charge is 0.494 e. The van der Waals surface area contributed by atoms with Gasteiger partial charge < -0.3 is 18.7 Å². The van der Waals surface area contributed by atoms with Crippen molar-refractivity contribution in [3.63, 3.8) is 0 Å². The maximum absolute atomic E-state index is 12.9. The Bertz CT molecular complexity index is 952. The van der Waals surface area contributed by atoms with Gasteiger partial charge in [-0.1, -0.05) is 17.3 Å². The first-order valence-electron chi connectivity index (χ1n) is 8.90. The number of aromatic nitrogens is 2. The molecule has 0 saturated heterocycles. The summed E-state index contributed by atoms with van der Waals surface area (Å²) in [5.41, 5.74) is 0.837. The molecule has 0 unspecified atom stereocenters. The van der Waals surface area contributed by atoms with Crippen LogP contribution in [0.2, 0.25) is 0 Å². The fraction of sp³-hybridized carbons (Fsp3) is 0.190. The minimum Gasteiger partial charge on any atom is -0.494 e. The summed E-state index contributed by atoms with van der Waals surface area (Å²) in [6.45, 7) is 2.39. The topological polar surface area (TPSA) is 83.7 Å². The van der Waals surface area contributed by atoms with Crippen LogP contribution < -0.4 is 9.47 Å². The van der Waals surface area contributed by atoms with Gasteiger partial charge in [0.1, 0.15) is 17.3 Å². The molecule has 2 aromatic carbocycles. The molecule has 1 aromatic heterocycles. The molecule has 0 bridgehead atoms. The van der Waals surface area contributed by atoms with Crippen molar-refractivity contribution in [1.82, 2.24) is 10.1 Å². The summed E-state index contributed by atoms with van der Waals surface area (Å²) in [4.78, 5) is 15.9. The van der Waals surface area contributed by atoms with Crippen molar-refractivity contribution in [2.75, 3.05) is 6.61 Å². The summed E-state index contributed by atoms with van der Waals surface area (Å²) in [6, 6.07) is 12.9. The van der Waals surface area contributed by atoms with Crippen LogP contribution in [0.4, 0.5) is 4.39 Å². The quantitative estimate of drug-likeness (QED) is 0.399. The first-order valence-corrected chi connectivity index (χ1v) is 8.90. The zero-order valence-electron chi connectivity index (χ0n) is 15.7. The van der Waals surface area contributed by atoms with Gasteiger partial charge in [-0.05, 0) is 55.0 Å². The number of ether oxygens (including phenoxy) is 3. The Morgan fingerprint density at radius 3 is 2.45 bits per heavy atom. The Hall–Kier alpha value is -3.68. The van der Waals surface area contributed by atoms with Gasteiger partial charge in [0.05, 0.1) is 6.61 Å². The lowest BCUT2D eigenvalue weighted by Crippen LogP contribution is -2.02. The predicted molar refractivity (Wildman–Crippen MR) is 101 cm³/mol. The van der Waals surface area contributed by atoms with E-state index in [1.54, 1.807) is 6.08 Å². The zero-order valence-corrected chi connectivity index (χ0v) is 15.7. The Morgan fingerprint density at radius 1 is 1.03 bits per heavy atom. The van der Waals surface area contributed by atoms with Gasteiger partial charge in [-0.25, -0.2) is 9.18 Å². The number of benzene rings is 2. The Labute approximate surface area is 166 Å². The average molecular weight is 398 g/mol. The van der Waals surface area contributed by atoms with Crippen molar-refractivity contribution in [1.29, 1.82) is 0 Å². The number of hydrogen-bond acceptors (Lipinski definition) is 7. The molecule has 0 saturated carbocycles. The molecular formula is C21H19FN2O5. The molecule has 150 valence electrons. The third-order valence-electron chi connectivity index (χ3n) is 3.63. The molecule has 0 atom stereocenters. The molecule has 29 heavy (non-hydrogen) atoms. The van der Waals surface area contributed by atoms with E-state index in [1.807, 2.05) is 31.2 Å². The molecular weight excluding hydrogens is 379 g/mol. The van der Waals surface area contributed by atoms with E-state index >= 15 is 0 Å². The summed E-state index contributed by atoms with van der Waals surface area (Å²) >= 11 is 0. The SMILES string of the molecule is CCOc1ccc(/C=C/C(=O)OCc2nc(COc3ccc(F)cc3)no2)cc1. The highest BCUT2D eigenvalue weighted by Crippen LogP contribution is 2.14. The van der Waals surface area contributed by atoms with E-state index in [-0.39, 0.29) is 30.7 Å². The number of nitrogens with zero attached hydrogens (tertiary/aromatic N) is 2. The van der Waals surface area contributed by atoms with Gasteiger partial charge in [0.15, 0.2) is 13.2 Å². The Kier molecular flexibility index (Phi) is 6.94. The van der Waals surface area contributed by atoms with E-state index in [0.717, 1.165) is 11.3 Å². The molecule has 8 heteroatoms. The summed E-state index contributed by atoms with van der Waals surface area (Å²) in [5, 5.41) is 3.74. The lowest BCUT2D eigenvalue weighted by Gasteiger charge is -2.02. The standard InChI is InChI=1S/C21H19FN2O5/c1-2-26-17-8-3-15(4-9-17)5-12-21(25)28-14-20-23-19(24-29-20)13-27-18-10-6-16(22)7-11-18/h3-12H,2,13-14H2,1H3/b12-5+. The molecule has 0 spiro atoms. The van der Waals surface area contributed by atoms with E-state index in [9.17, 15) is 9.18 Å². The third-order valence-corrected chi connectivity index (χ3v) is 3.63. The minimum atomic E-state index is -0.541. The molecule has 0 amide bonds. The number of carbonyl (C=O) groups is 1. The van der Waals surface area contributed by atoms with Crippen molar-refractivity contribution in [3.8, 4) is 11.5 Å². The van der Waals surface area contributed by atoms with Crippen LogP contribution in [0.25, 0.3) is 6.08 Å². The molecule has 0 radical (unpaired) electrons.